The Kier molecular flexibility index (Phi) is 7.50. The van der Waals surface area contributed by atoms with Crippen LogP contribution >= 0.6 is 11.6 Å². The van der Waals surface area contributed by atoms with E-state index in [9.17, 15) is 9.59 Å². The second-order valence-corrected chi connectivity index (χ2v) is 8.81. The summed E-state index contributed by atoms with van der Waals surface area (Å²) in [6.45, 7) is 3.55. The van der Waals surface area contributed by atoms with Crippen LogP contribution in [0, 0.1) is 0 Å². The first-order chi connectivity index (χ1) is 16.0. The number of imidazole rings is 1. The molecular formula is C25H29ClN4O3. The van der Waals surface area contributed by atoms with Gasteiger partial charge >= 0.3 is 0 Å². The van der Waals surface area contributed by atoms with Crippen molar-refractivity contribution in [1.29, 1.82) is 0 Å². The number of carbonyl (C=O) groups excluding carboxylic acids is 2. The van der Waals surface area contributed by atoms with E-state index in [4.69, 9.17) is 21.3 Å². The summed E-state index contributed by atoms with van der Waals surface area (Å²) in [5.74, 6) is 1.04. The average molecular weight is 469 g/mol. The van der Waals surface area contributed by atoms with Gasteiger partial charge in [-0.2, -0.15) is 0 Å². The molecule has 1 aliphatic heterocycles. The molecule has 3 aromatic rings. The van der Waals surface area contributed by atoms with Crippen LogP contribution in [0.4, 0.5) is 0 Å². The normalized spacial score (nSPS) is 15.2. The molecule has 1 fully saturated rings. The lowest BCUT2D eigenvalue weighted by Crippen LogP contribution is -2.36. The van der Waals surface area contributed by atoms with Gasteiger partial charge in [-0.15, -0.1) is 0 Å². The van der Waals surface area contributed by atoms with E-state index in [1.54, 1.807) is 24.3 Å². The Hall–Kier alpha value is -3.06. The van der Waals surface area contributed by atoms with Crippen molar-refractivity contribution < 1.29 is 14.3 Å². The number of rotatable bonds is 7. The minimum atomic E-state index is -0.393. The highest BCUT2D eigenvalue weighted by Gasteiger charge is 2.22. The fraction of sp³-hybridized carbons (Fsp3) is 0.400. The molecule has 1 aliphatic rings. The van der Waals surface area contributed by atoms with Gasteiger partial charge in [0.05, 0.1) is 17.1 Å². The number of aromatic nitrogens is 2. The van der Waals surface area contributed by atoms with E-state index in [1.165, 1.54) is 12.8 Å². The van der Waals surface area contributed by atoms with Crippen LogP contribution in [-0.4, -0.2) is 46.0 Å². The Morgan fingerprint density at radius 2 is 1.76 bits per heavy atom. The third-order valence-electron chi connectivity index (χ3n) is 5.88. The molecule has 0 saturated carbocycles. The maximum Gasteiger partial charge on any atom is 0.258 e. The Bertz CT molecular complexity index is 1100. The molecule has 1 unspecified atom stereocenters. The zero-order valence-electron chi connectivity index (χ0n) is 18.8. The molecular weight excluding hydrogens is 440 g/mol. The molecule has 0 aliphatic carbocycles. The molecule has 1 atom stereocenters. The molecule has 1 aromatic heterocycles. The number of benzene rings is 2. The lowest BCUT2D eigenvalue weighted by atomic mass is 10.2. The van der Waals surface area contributed by atoms with Crippen LogP contribution in [0.2, 0.25) is 5.02 Å². The number of ether oxygens (including phenoxy) is 1. The van der Waals surface area contributed by atoms with Gasteiger partial charge in [0.15, 0.2) is 6.61 Å². The number of carbonyl (C=O) groups is 2. The first-order valence-electron chi connectivity index (χ1n) is 11.4. The molecule has 2 amide bonds. The predicted molar refractivity (Wildman–Crippen MR) is 128 cm³/mol. The largest absolute Gasteiger partial charge is 0.484 e. The van der Waals surface area contributed by atoms with Crippen LogP contribution in [0.25, 0.3) is 11.0 Å². The summed E-state index contributed by atoms with van der Waals surface area (Å²) in [5.41, 5.74) is 1.68. The lowest BCUT2D eigenvalue weighted by molar-refractivity contribution is -0.131. The highest BCUT2D eigenvalue weighted by molar-refractivity contribution is 6.30. The number of fused-ring (bicyclic) bond motifs is 1. The maximum atomic E-state index is 13.1. The van der Waals surface area contributed by atoms with E-state index in [-0.39, 0.29) is 25.0 Å². The third-order valence-corrected chi connectivity index (χ3v) is 6.14. The van der Waals surface area contributed by atoms with Crippen LogP contribution in [0.1, 0.15) is 44.5 Å². The summed E-state index contributed by atoms with van der Waals surface area (Å²) in [6, 6.07) is 14.2. The van der Waals surface area contributed by atoms with Crippen LogP contribution in [0.5, 0.6) is 5.75 Å². The van der Waals surface area contributed by atoms with Gasteiger partial charge in [-0.1, -0.05) is 36.6 Å². The topological polar surface area (TPSA) is 76.5 Å². The molecule has 33 heavy (non-hydrogen) atoms. The SMILES string of the molecule is CC(NC(=O)COc1ccc(Cl)cc1)c1nc2ccccc2n1CC(=O)N1CCCCCC1. The van der Waals surface area contributed by atoms with Gasteiger partial charge in [0.2, 0.25) is 5.91 Å². The van der Waals surface area contributed by atoms with Gasteiger partial charge in [-0.25, -0.2) is 4.98 Å². The van der Waals surface area contributed by atoms with Crippen molar-refractivity contribution in [3.05, 3.63) is 59.4 Å². The second-order valence-electron chi connectivity index (χ2n) is 8.37. The van der Waals surface area contributed by atoms with Gasteiger partial charge in [-0.3, -0.25) is 9.59 Å². The molecule has 1 saturated heterocycles. The monoisotopic (exact) mass is 468 g/mol. The minimum Gasteiger partial charge on any atom is -0.484 e. The van der Waals surface area contributed by atoms with E-state index < -0.39 is 6.04 Å². The standard InChI is InChI=1S/C25H29ClN4O3/c1-18(27-23(31)17-33-20-12-10-19(26)11-13-20)25-28-21-8-4-5-9-22(21)30(25)16-24(32)29-14-6-2-3-7-15-29/h4-5,8-13,18H,2-3,6-7,14-17H2,1H3,(H,27,31). The van der Waals surface area contributed by atoms with Crippen LogP contribution in [-0.2, 0) is 16.1 Å². The molecule has 0 bridgehead atoms. The Morgan fingerprint density at radius 3 is 2.48 bits per heavy atom. The number of hydrogen-bond acceptors (Lipinski definition) is 4. The van der Waals surface area contributed by atoms with E-state index in [0.29, 0.717) is 16.6 Å². The van der Waals surface area contributed by atoms with Crippen molar-refractivity contribution in [3.63, 3.8) is 0 Å². The molecule has 2 heterocycles. The number of amides is 2. The van der Waals surface area contributed by atoms with Crippen molar-refractivity contribution in [1.82, 2.24) is 19.8 Å². The Balaban J connectivity index is 1.47. The summed E-state index contributed by atoms with van der Waals surface area (Å²) in [7, 11) is 0. The number of nitrogens with one attached hydrogen (secondary N) is 1. The zero-order valence-corrected chi connectivity index (χ0v) is 19.6. The first-order valence-corrected chi connectivity index (χ1v) is 11.8. The maximum absolute atomic E-state index is 13.1. The quantitative estimate of drug-likeness (QED) is 0.559. The highest BCUT2D eigenvalue weighted by atomic mass is 35.5. The van der Waals surface area contributed by atoms with Gasteiger partial charge in [0.25, 0.3) is 5.91 Å². The fourth-order valence-electron chi connectivity index (χ4n) is 4.17. The number of hydrogen-bond donors (Lipinski definition) is 1. The Morgan fingerprint density at radius 1 is 1.06 bits per heavy atom. The van der Waals surface area contributed by atoms with Crippen molar-refractivity contribution in [3.8, 4) is 5.75 Å². The number of halogens is 1. The van der Waals surface area contributed by atoms with E-state index in [0.717, 1.165) is 37.0 Å². The van der Waals surface area contributed by atoms with Gasteiger partial charge in [-0.05, 0) is 56.2 Å². The summed E-state index contributed by atoms with van der Waals surface area (Å²) in [5, 5.41) is 3.55. The Labute approximate surface area is 198 Å². The van der Waals surface area contributed by atoms with Crippen molar-refractivity contribution in [2.75, 3.05) is 19.7 Å². The van der Waals surface area contributed by atoms with Crippen LogP contribution in [0.3, 0.4) is 0 Å². The fourth-order valence-corrected chi connectivity index (χ4v) is 4.30. The number of nitrogens with zero attached hydrogens (tertiary/aromatic N) is 3. The van der Waals surface area contributed by atoms with Gasteiger partial charge in [0.1, 0.15) is 18.1 Å². The van der Waals surface area contributed by atoms with Crippen molar-refractivity contribution >= 4 is 34.4 Å². The van der Waals surface area contributed by atoms with Gasteiger partial charge in [0, 0.05) is 18.1 Å². The average Bonchev–Trinajstić information content (AvgIpc) is 2.98. The minimum absolute atomic E-state index is 0.0888. The van der Waals surface area contributed by atoms with Crippen LogP contribution in [0.15, 0.2) is 48.5 Å². The molecule has 8 heteroatoms. The molecule has 0 spiro atoms. The van der Waals surface area contributed by atoms with E-state index in [2.05, 4.69) is 5.32 Å². The molecule has 7 nitrogen and oxygen atoms in total. The van der Waals surface area contributed by atoms with E-state index >= 15 is 0 Å². The molecule has 1 N–H and O–H groups in total. The second kappa shape index (κ2) is 10.7. The summed E-state index contributed by atoms with van der Waals surface area (Å²) in [6.07, 6.45) is 4.43. The van der Waals surface area contributed by atoms with E-state index in [1.807, 2.05) is 40.7 Å². The predicted octanol–water partition coefficient (Wildman–Crippen LogP) is 4.35. The number of para-hydroxylation sites is 2. The smallest absolute Gasteiger partial charge is 0.258 e. The molecule has 2 aromatic carbocycles. The first kappa shape index (κ1) is 23.1. The summed E-state index contributed by atoms with van der Waals surface area (Å²) in [4.78, 5) is 32.3. The van der Waals surface area contributed by atoms with Crippen LogP contribution < -0.4 is 10.1 Å². The van der Waals surface area contributed by atoms with Crippen molar-refractivity contribution in [2.24, 2.45) is 0 Å². The third kappa shape index (κ3) is 5.85. The molecule has 0 radical (unpaired) electrons. The highest BCUT2D eigenvalue weighted by Crippen LogP contribution is 2.22. The summed E-state index contributed by atoms with van der Waals surface area (Å²) >= 11 is 5.88. The molecule has 4 rings (SSSR count). The zero-order chi connectivity index (χ0) is 23.2. The summed E-state index contributed by atoms with van der Waals surface area (Å²) < 4.78 is 7.47. The number of likely N-dealkylation sites (tertiary alicyclic amines) is 1. The lowest BCUT2D eigenvalue weighted by Gasteiger charge is -2.22. The van der Waals surface area contributed by atoms with Gasteiger partial charge < -0.3 is 19.5 Å². The molecule has 174 valence electrons. The van der Waals surface area contributed by atoms with Crippen molar-refractivity contribution in [2.45, 2.75) is 45.2 Å².